The molecule has 1 aromatic heterocycles. The minimum absolute atomic E-state index is 0.272. The third-order valence-corrected chi connectivity index (χ3v) is 6.20. The first kappa shape index (κ1) is 21.0. The van der Waals surface area contributed by atoms with E-state index in [0.717, 1.165) is 18.9 Å². The van der Waals surface area contributed by atoms with Crippen LogP contribution in [0.3, 0.4) is 0 Å². The molecule has 2 aromatic rings. The first-order valence-electron chi connectivity index (χ1n) is 9.72. The van der Waals surface area contributed by atoms with Crippen molar-refractivity contribution in [1.29, 1.82) is 5.26 Å². The number of nitriles is 1. The predicted octanol–water partition coefficient (Wildman–Crippen LogP) is 2.46. The van der Waals surface area contributed by atoms with Gasteiger partial charge in [0.05, 0.1) is 11.4 Å². The molecule has 0 saturated carbocycles. The molecule has 1 saturated heterocycles. The second-order valence-corrected chi connectivity index (χ2v) is 8.23. The molecule has 1 atom stereocenters. The number of thioether (sulfide) groups is 1. The highest BCUT2D eigenvalue weighted by atomic mass is 32.2. The van der Waals surface area contributed by atoms with Crippen LogP contribution in [0, 0.1) is 17.1 Å². The van der Waals surface area contributed by atoms with Crippen molar-refractivity contribution in [2.24, 2.45) is 4.99 Å². The second-order valence-electron chi connectivity index (χ2n) is 6.83. The lowest BCUT2D eigenvalue weighted by Crippen LogP contribution is -2.40. The van der Waals surface area contributed by atoms with Crippen molar-refractivity contribution in [3.8, 4) is 11.8 Å². The number of hydrogen-bond acceptors (Lipinski definition) is 5. The summed E-state index contributed by atoms with van der Waals surface area (Å²) >= 11 is 2.01. The van der Waals surface area contributed by atoms with Gasteiger partial charge in [-0.25, -0.2) is 9.07 Å². The van der Waals surface area contributed by atoms with E-state index < -0.39 is 0 Å². The third kappa shape index (κ3) is 5.41. The highest BCUT2D eigenvalue weighted by molar-refractivity contribution is 8.00. The van der Waals surface area contributed by atoms with Crippen molar-refractivity contribution < 1.29 is 4.39 Å². The van der Waals surface area contributed by atoms with Crippen LogP contribution < -0.4 is 16.4 Å². The number of guanidine groups is 1. The summed E-state index contributed by atoms with van der Waals surface area (Å²) < 4.78 is 14.6. The molecule has 1 aliphatic heterocycles. The lowest BCUT2D eigenvalue weighted by Gasteiger charge is -2.14. The molecule has 29 heavy (non-hydrogen) atoms. The summed E-state index contributed by atoms with van der Waals surface area (Å²) in [5.41, 5.74) is 7.73. The maximum Gasteiger partial charge on any atom is 0.191 e. The summed E-state index contributed by atoms with van der Waals surface area (Å²) in [5, 5.41) is 21.3. The van der Waals surface area contributed by atoms with Gasteiger partial charge in [-0.1, -0.05) is 0 Å². The fourth-order valence-electron chi connectivity index (χ4n) is 3.25. The molecule has 0 aliphatic carbocycles. The van der Waals surface area contributed by atoms with Gasteiger partial charge in [-0.15, -0.1) is 0 Å². The molecule has 4 N–H and O–H groups in total. The molecule has 0 amide bonds. The minimum Gasteiger partial charge on any atom is -0.382 e. The Kier molecular flexibility index (Phi) is 7.36. The van der Waals surface area contributed by atoms with E-state index in [-0.39, 0.29) is 11.6 Å². The summed E-state index contributed by atoms with van der Waals surface area (Å²) in [6.45, 7) is 1.62. The Balaban J connectivity index is 1.54. The molecule has 1 unspecified atom stereocenters. The van der Waals surface area contributed by atoms with Gasteiger partial charge >= 0.3 is 0 Å². The molecule has 3 rings (SSSR count). The van der Waals surface area contributed by atoms with Crippen molar-refractivity contribution in [1.82, 2.24) is 20.4 Å². The fraction of sp³-hybridized carbons (Fsp3) is 0.450. The molecule has 2 heterocycles. The number of rotatable bonds is 7. The zero-order chi connectivity index (χ0) is 20.6. The van der Waals surface area contributed by atoms with Crippen molar-refractivity contribution in [3.05, 3.63) is 41.3 Å². The summed E-state index contributed by atoms with van der Waals surface area (Å²) in [7, 11) is 1.76. The SMILES string of the molecule is CN=C(NCCCc1nn(-c2ccc(F)cc2)c(N)c1C#N)NCC1CCCS1. The van der Waals surface area contributed by atoms with Crippen LogP contribution in [-0.2, 0) is 6.42 Å². The van der Waals surface area contributed by atoms with Gasteiger partial charge in [0.15, 0.2) is 5.96 Å². The van der Waals surface area contributed by atoms with E-state index in [1.54, 1.807) is 19.2 Å². The Morgan fingerprint density at radius 1 is 1.41 bits per heavy atom. The van der Waals surface area contributed by atoms with E-state index in [1.807, 2.05) is 11.8 Å². The number of nitrogens with two attached hydrogens (primary N) is 1. The molecule has 7 nitrogen and oxygen atoms in total. The Hall–Kier alpha value is -2.73. The van der Waals surface area contributed by atoms with Gasteiger partial charge in [0.1, 0.15) is 23.3 Å². The number of nitrogen functional groups attached to an aromatic ring is 1. The van der Waals surface area contributed by atoms with Crippen LogP contribution in [0.4, 0.5) is 10.2 Å². The maximum absolute atomic E-state index is 13.2. The monoisotopic (exact) mass is 415 g/mol. The van der Waals surface area contributed by atoms with Crippen molar-refractivity contribution in [2.75, 3.05) is 31.6 Å². The molecule has 0 radical (unpaired) electrons. The first-order valence-corrected chi connectivity index (χ1v) is 10.8. The lowest BCUT2D eigenvalue weighted by atomic mass is 10.1. The van der Waals surface area contributed by atoms with Gasteiger partial charge in [0.25, 0.3) is 0 Å². The first-order chi connectivity index (χ1) is 14.1. The number of nitrogens with one attached hydrogen (secondary N) is 2. The van der Waals surface area contributed by atoms with E-state index in [0.29, 0.717) is 35.2 Å². The van der Waals surface area contributed by atoms with Gasteiger partial charge in [-0.05, 0) is 55.7 Å². The summed E-state index contributed by atoms with van der Waals surface area (Å²) in [4.78, 5) is 4.25. The predicted molar refractivity (Wildman–Crippen MR) is 116 cm³/mol. The number of nitrogens with zero attached hydrogens (tertiary/aromatic N) is 4. The lowest BCUT2D eigenvalue weighted by molar-refractivity contribution is 0.627. The Morgan fingerprint density at radius 2 is 2.21 bits per heavy atom. The maximum atomic E-state index is 13.2. The van der Waals surface area contributed by atoms with E-state index in [1.165, 1.54) is 35.4 Å². The van der Waals surface area contributed by atoms with Gasteiger partial charge in [-0.2, -0.15) is 22.1 Å². The van der Waals surface area contributed by atoms with Crippen LogP contribution in [-0.4, -0.2) is 46.9 Å². The highest BCUT2D eigenvalue weighted by Crippen LogP contribution is 2.25. The third-order valence-electron chi connectivity index (χ3n) is 4.80. The molecule has 9 heteroatoms. The van der Waals surface area contributed by atoms with Crippen molar-refractivity contribution in [3.63, 3.8) is 0 Å². The van der Waals surface area contributed by atoms with E-state index in [9.17, 15) is 9.65 Å². The minimum atomic E-state index is -0.334. The average molecular weight is 416 g/mol. The van der Waals surface area contributed by atoms with Crippen LogP contribution in [0.15, 0.2) is 29.3 Å². The smallest absolute Gasteiger partial charge is 0.191 e. The largest absolute Gasteiger partial charge is 0.382 e. The Labute approximate surface area is 174 Å². The Morgan fingerprint density at radius 3 is 2.86 bits per heavy atom. The van der Waals surface area contributed by atoms with Crippen LogP contribution in [0.5, 0.6) is 0 Å². The number of anilines is 1. The fourth-order valence-corrected chi connectivity index (χ4v) is 4.45. The summed E-state index contributed by atoms with van der Waals surface area (Å²) in [6.07, 6.45) is 3.92. The zero-order valence-electron chi connectivity index (χ0n) is 16.5. The van der Waals surface area contributed by atoms with Gasteiger partial charge in [0.2, 0.25) is 0 Å². The Bertz CT molecular complexity index is 879. The highest BCUT2D eigenvalue weighted by Gasteiger charge is 2.17. The van der Waals surface area contributed by atoms with Crippen LogP contribution in [0.1, 0.15) is 30.5 Å². The number of benzene rings is 1. The number of hydrogen-bond donors (Lipinski definition) is 3. The molecule has 154 valence electrons. The molecular weight excluding hydrogens is 389 g/mol. The topological polar surface area (TPSA) is 104 Å². The normalized spacial score (nSPS) is 16.6. The molecule has 1 aromatic carbocycles. The van der Waals surface area contributed by atoms with Gasteiger partial charge in [-0.3, -0.25) is 4.99 Å². The zero-order valence-corrected chi connectivity index (χ0v) is 17.3. The average Bonchev–Trinajstić information content (AvgIpc) is 3.36. The van der Waals surface area contributed by atoms with Crippen molar-refractivity contribution in [2.45, 2.75) is 30.9 Å². The molecule has 1 aliphatic rings. The number of aryl methyl sites for hydroxylation is 1. The van der Waals surface area contributed by atoms with E-state index >= 15 is 0 Å². The quantitative estimate of drug-likeness (QED) is 0.365. The van der Waals surface area contributed by atoms with Crippen LogP contribution in [0.25, 0.3) is 5.69 Å². The number of aliphatic imine (C=N–C) groups is 1. The molecule has 0 bridgehead atoms. The van der Waals surface area contributed by atoms with E-state index in [2.05, 4.69) is 26.8 Å². The van der Waals surface area contributed by atoms with Crippen LogP contribution >= 0.6 is 11.8 Å². The van der Waals surface area contributed by atoms with Crippen molar-refractivity contribution >= 4 is 23.5 Å². The summed E-state index contributed by atoms with van der Waals surface area (Å²) in [5.74, 6) is 1.97. The standard InChI is InChI=1S/C20H26FN7S/c1-24-20(26-13-16-4-3-11-29-16)25-10-2-5-18-17(12-22)19(23)28(27-18)15-8-6-14(21)7-9-15/h6-9,16H,2-5,10-11,13,23H2,1H3,(H2,24,25,26). The molecular formula is C20H26FN7S. The van der Waals surface area contributed by atoms with Gasteiger partial charge in [0, 0.05) is 25.4 Å². The van der Waals surface area contributed by atoms with E-state index in [4.69, 9.17) is 5.73 Å². The summed E-state index contributed by atoms with van der Waals surface area (Å²) in [6, 6.07) is 7.99. The van der Waals surface area contributed by atoms with Gasteiger partial charge < -0.3 is 16.4 Å². The molecule has 0 spiro atoms. The number of halogens is 1. The molecule has 1 fully saturated rings. The second kappa shape index (κ2) is 10.2. The number of aromatic nitrogens is 2. The van der Waals surface area contributed by atoms with Crippen LogP contribution in [0.2, 0.25) is 0 Å².